The van der Waals surface area contributed by atoms with Crippen LogP contribution in [-0.4, -0.2) is 26.3 Å². The first-order valence-corrected chi connectivity index (χ1v) is 7.73. The van der Waals surface area contributed by atoms with Crippen LogP contribution in [-0.2, 0) is 14.3 Å². The summed E-state index contributed by atoms with van der Waals surface area (Å²) >= 11 is 0. The molecule has 0 amide bonds. The maximum Gasteiger partial charge on any atom is 0.318 e. The summed E-state index contributed by atoms with van der Waals surface area (Å²) < 4.78 is 16.2. The number of hydrogen-bond acceptors (Lipinski definition) is 4. The standard InChI is InChI=1S/C18H24O4/c1-5-6-7-15(21-4)16-12(2)22-18(19)17(16)13-8-10-14(20-3)11-9-13/h8-12,17H,5-7H2,1-4H3/b16-15+. The third-order valence-electron chi connectivity index (χ3n) is 4.05. The van der Waals surface area contributed by atoms with E-state index in [1.54, 1.807) is 14.2 Å². The van der Waals surface area contributed by atoms with Gasteiger partial charge in [0, 0.05) is 12.0 Å². The minimum Gasteiger partial charge on any atom is -0.501 e. The Kier molecular flexibility index (Phi) is 5.47. The Morgan fingerprint density at radius 3 is 2.45 bits per heavy atom. The number of rotatable bonds is 6. The Bertz CT molecular complexity index is 545. The van der Waals surface area contributed by atoms with Crippen molar-refractivity contribution in [2.45, 2.75) is 45.1 Å². The lowest BCUT2D eigenvalue weighted by Gasteiger charge is -2.16. The van der Waals surface area contributed by atoms with E-state index in [1.807, 2.05) is 31.2 Å². The van der Waals surface area contributed by atoms with Crippen LogP contribution in [0.2, 0.25) is 0 Å². The summed E-state index contributed by atoms with van der Waals surface area (Å²) in [6.45, 7) is 4.04. The summed E-state index contributed by atoms with van der Waals surface area (Å²) in [7, 11) is 3.29. The number of esters is 1. The van der Waals surface area contributed by atoms with Crippen LogP contribution in [0.15, 0.2) is 35.6 Å². The molecule has 1 aromatic carbocycles. The number of cyclic esters (lactones) is 1. The van der Waals surface area contributed by atoms with Gasteiger partial charge in [-0.05, 0) is 31.0 Å². The molecule has 0 spiro atoms. The zero-order chi connectivity index (χ0) is 16.1. The fraction of sp³-hybridized carbons (Fsp3) is 0.500. The average molecular weight is 304 g/mol. The van der Waals surface area contributed by atoms with Crippen molar-refractivity contribution < 1.29 is 19.0 Å². The molecule has 0 aromatic heterocycles. The number of carbonyl (C=O) groups excluding carboxylic acids is 1. The summed E-state index contributed by atoms with van der Waals surface area (Å²) in [5.74, 6) is 1.05. The highest BCUT2D eigenvalue weighted by atomic mass is 16.6. The van der Waals surface area contributed by atoms with Crippen molar-refractivity contribution in [1.82, 2.24) is 0 Å². The second kappa shape index (κ2) is 7.34. The van der Waals surface area contributed by atoms with Crippen molar-refractivity contribution >= 4 is 5.97 Å². The van der Waals surface area contributed by atoms with Crippen molar-refractivity contribution in [3.63, 3.8) is 0 Å². The predicted octanol–water partition coefficient (Wildman–Crippen LogP) is 3.81. The van der Waals surface area contributed by atoms with Gasteiger partial charge < -0.3 is 14.2 Å². The van der Waals surface area contributed by atoms with E-state index in [0.717, 1.165) is 41.9 Å². The van der Waals surface area contributed by atoms with Gasteiger partial charge in [-0.25, -0.2) is 0 Å². The van der Waals surface area contributed by atoms with Crippen LogP contribution in [0, 0.1) is 0 Å². The molecule has 120 valence electrons. The molecule has 4 nitrogen and oxygen atoms in total. The van der Waals surface area contributed by atoms with Crippen LogP contribution in [0.5, 0.6) is 5.75 Å². The quantitative estimate of drug-likeness (QED) is 0.592. The van der Waals surface area contributed by atoms with Gasteiger partial charge in [-0.3, -0.25) is 4.79 Å². The van der Waals surface area contributed by atoms with Crippen LogP contribution in [0.25, 0.3) is 0 Å². The van der Waals surface area contributed by atoms with Gasteiger partial charge in [0.15, 0.2) is 0 Å². The molecule has 4 heteroatoms. The van der Waals surface area contributed by atoms with Crippen molar-refractivity contribution in [3.05, 3.63) is 41.2 Å². The first-order chi connectivity index (χ1) is 10.6. The molecule has 0 radical (unpaired) electrons. The molecule has 2 unspecified atom stereocenters. The van der Waals surface area contributed by atoms with Gasteiger partial charge in [-0.1, -0.05) is 25.5 Å². The first-order valence-electron chi connectivity index (χ1n) is 7.73. The molecule has 0 N–H and O–H groups in total. The zero-order valence-corrected chi connectivity index (χ0v) is 13.7. The lowest BCUT2D eigenvalue weighted by Crippen LogP contribution is -2.11. The molecular weight excluding hydrogens is 280 g/mol. The number of carbonyl (C=O) groups is 1. The van der Waals surface area contributed by atoms with Gasteiger partial charge in [0.1, 0.15) is 17.8 Å². The summed E-state index contributed by atoms with van der Waals surface area (Å²) in [6, 6.07) is 7.55. The topological polar surface area (TPSA) is 44.8 Å². The van der Waals surface area contributed by atoms with E-state index in [2.05, 4.69) is 6.92 Å². The van der Waals surface area contributed by atoms with Gasteiger partial charge in [0.25, 0.3) is 0 Å². The average Bonchev–Trinajstić information content (AvgIpc) is 2.83. The van der Waals surface area contributed by atoms with Crippen molar-refractivity contribution in [3.8, 4) is 5.75 Å². The number of ether oxygens (including phenoxy) is 3. The van der Waals surface area contributed by atoms with Crippen LogP contribution >= 0.6 is 0 Å². The second-order valence-corrected chi connectivity index (χ2v) is 5.47. The maximum atomic E-state index is 12.3. The smallest absolute Gasteiger partial charge is 0.318 e. The van der Waals surface area contributed by atoms with E-state index >= 15 is 0 Å². The van der Waals surface area contributed by atoms with Crippen molar-refractivity contribution in [2.75, 3.05) is 14.2 Å². The zero-order valence-electron chi connectivity index (χ0n) is 13.7. The Morgan fingerprint density at radius 1 is 1.23 bits per heavy atom. The van der Waals surface area contributed by atoms with Crippen LogP contribution in [0.1, 0.15) is 44.6 Å². The third-order valence-corrected chi connectivity index (χ3v) is 4.05. The third kappa shape index (κ3) is 3.26. The Morgan fingerprint density at radius 2 is 1.91 bits per heavy atom. The first kappa shape index (κ1) is 16.4. The van der Waals surface area contributed by atoms with E-state index < -0.39 is 0 Å². The van der Waals surface area contributed by atoms with E-state index in [9.17, 15) is 4.79 Å². The Labute approximate surface area is 132 Å². The highest BCUT2D eigenvalue weighted by Crippen LogP contribution is 2.39. The Hall–Kier alpha value is -1.97. The van der Waals surface area contributed by atoms with Gasteiger partial charge in [-0.15, -0.1) is 0 Å². The number of methoxy groups -OCH3 is 2. The molecule has 1 aliphatic rings. The lowest BCUT2D eigenvalue weighted by molar-refractivity contribution is -0.141. The van der Waals surface area contributed by atoms with E-state index in [-0.39, 0.29) is 18.0 Å². The number of allylic oxidation sites excluding steroid dienone is 1. The van der Waals surface area contributed by atoms with E-state index in [0.29, 0.717) is 0 Å². The normalized spacial score (nSPS) is 23.2. The molecule has 1 aliphatic heterocycles. The van der Waals surface area contributed by atoms with Crippen molar-refractivity contribution in [1.29, 1.82) is 0 Å². The molecule has 1 aromatic rings. The summed E-state index contributed by atoms with van der Waals surface area (Å²) in [6.07, 6.45) is 2.70. The molecule has 1 fully saturated rings. The molecule has 1 heterocycles. The van der Waals surface area contributed by atoms with Crippen molar-refractivity contribution in [2.24, 2.45) is 0 Å². The highest BCUT2D eigenvalue weighted by Gasteiger charge is 2.40. The highest BCUT2D eigenvalue weighted by molar-refractivity contribution is 5.85. The van der Waals surface area contributed by atoms with E-state index in [4.69, 9.17) is 14.2 Å². The van der Waals surface area contributed by atoms with Crippen LogP contribution < -0.4 is 4.74 Å². The molecule has 1 saturated heterocycles. The largest absolute Gasteiger partial charge is 0.501 e. The number of unbranched alkanes of at least 4 members (excludes halogenated alkanes) is 1. The van der Waals surface area contributed by atoms with Gasteiger partial charge >= 0.3 is 5.97 Å². The SMILES string of the molecule is CCCC/C(OC)=C1/C(C)OC(=O)C1c1ccc(OC)cc1. The molecule has 2 rings (SSSR count). The maximum absolute atomic E-state index is 12.3. The molecule has 0 aliphatic carbocycles. The molecule has 0 saturated carbocycles. The van der Waals surface area contributed by atoms with Gasteiger partial charge in [0.2, 0.25) is 0 Å². The van der Waals surface area contributed by atoms with Gasteiger partial charge in [0.05, 0.1) is 20.0 Å². The minimum absolute atomic E-state index is 0.210. The fourth-order valence-electron chi connectivity index (χ4n) is 2.87. The minimum atomic E-state index is -0.382. The number of benzene rings is 1. The van der Waals surface area contributed by atoms with Crippen LogP contribution in [0.3, 0.4) is 0 Å². The fourth-order valence-corrected chi connectivity index (χ4v) is 2.87. The lowest BCUT2D eigenvalue weighted by atomic mass is 9.88. The summed E-state index contributed by atoms with van der Waals surface area (Å²) in [4.78, 5) is 12.3. The number of hydrogen-bond donors (Lipinski definition) is 0. The predicted molar refractivity (Wildman–Crippen MR) is 84.8 cm³/mol. The molecule has 22 heavy (non-hydrogen) atoms. The molecule has 2 atom stereocenters. The molecule has 0 bridgehead atoms. The summed E-state index contributed by atoms with van der Waals surface area (Å²) in [5.41, 5.74) is 1.86. The molecular formula is C18H24O4. The Balaban J connectivity index is 2.40. The van der Waals surface area contributed by atoms with E-state index in [1.165, 1.54) is 0 Å². The second-order valence-electron chi connectivity index (χ2n) is 5.47. The summed E-state index contributed by atoms with van der Waals surface area (Å²) in [5, 5.41) is 0. The van der Waals surface area contributed by atoms with Crippen LogP contribution in [0.4, 0.5) is 0 Å². The monoisotopic (exact) mass is 304 g/mol. The van der Waals surface area contributed by atoms with Gasteiger partial charge in [-0.2, -0.15) is 0 Å².